The molecule has 8 aromatic carbocycles. The summed E-state index contributed by atoms with van der Waals surface area (Å²) in [6.45, 7) is -4.62. The lowest BCUT2D eigenvalue weighted by molar-refractivity contribution is 1.50. The van der Waals surface area contributed by atoms with Gasteiger partial charge in [-0.15, -0.1) is 0 Å². The van der Waals surface area contributed by atoms with Gasteiger partial charge >= 0.3 is 0 Å². The van der Waals surface area contributed by atoms with Gasteiger partial charge in [-0.25, -0.2) is 0 Å². The van der Waals surface area contributed by atoms with E-state index in [1.54, 1.807) is 12.1 Å². The number of hydrogen-bond donors (Lipinski definition) is 0. The van der Waals surface area contributed by atoms with Crippen LogP contribution in [0.3, 0.4) is 0 Å². The summed E-state index contributed by atoms with van der Waals surface area (Å²) in [6, 6.07) is 51.8. The van der Waals surface area contributed by atoms with Gasteiger partial charge in [0.25, 0.3) is 0 Å². The third-order valence-corrected chi connectivity index (χ3v) is 8.62. The van der Waals surface area contributed by atoms with Gasteiger partial charge in [-0.1, -0.05) is 169 Å². The average molecular weight is 567 g/mol. The van der Waals surface area contributed by atoms with Crippen molar-refractivity contribution in [2.75, 3.05) is 0 Å². The largest absolute Gasteiger partial charge is 0.0622 e. The van der Waals surface area contributed by atoms with E-state index in [4.69, 9.17) is 8.22 Å². The average Bonchev–Trinajstić information content (AvgIpc) is 3.13. The van der Waals surface area contributed by atoms with Gasteiger partial charge in [0.15, 0.2) is 0 Å². The minimum atomic E-state index is -2.31. The topological polar surface area (TPSA) is 0 Å². The van der Waals surface area contributed by atoms with Gasteiger partial charge in [-0.3, -0.25) is 0 Å². The lowest BCUT2D eigenvalue weighted by Crippen LogP contribution is -1.98. The maximum absolute atomic E-state index is 8.39. The molecule has 0 heteroatoms. The smallest absolute Gasteiger partial charge is 0.0280 e. The highest BCUT2D eigenvalue weighted by Gasteiger charge is 2.25. The molecule has 0 aromatic heterocycles. The third-order valence-electron chi connectivity index (χ3n) is 8.62. The number of fused-ring (bicyclic) bond motifs is 3. The van der Waals surface area contributed by atoms with Crippen molar-refractivity contribution in [2.45, 2.75) is 13.7 Å². The second-order valence-corrected chi connectivity index (χ2v) is 11.2. The van der Waals surface area contributed by atoms with Crippen LogP contribution >= 0.6 is 0 Å². The molecule has 0 radical (unpaired) electrons. The Morgan fingerprint density at radius 2 is 0.614 bits per heavy atom. The Morgan fingerprint density at radius 3 is 0.909 bits per heavy atom. The molecule has 0 aliphatic heterocycles. The molecular formula is C44H32. The molecule has 0 spiro atoms. The van der Waals surface area contributed by atoms with Crippen LogP contribution in [0.5, 0.6) is 0 Å². The van der Waals surface area contributed by atoms with Crippen molar-refractivity contribution in [3.05, 3.63) is 169 Å². The molecule has 0 amide bonds. The monoisotopic (exact) mass is 566 g/mol. The molecule has 0 unspecified atom stereocenters. The van der Waals surface area contributed by atoms with Crippen LogP contribution in [0, 0.1) is 13.7 Å². The Kier molecular flexibility index (Phi) is 4.96. The second kappa shape index (κ2) is 10.7. The minimum absolute atomic E-state index is 0.271. The summed E-state index contributed by atoms with van der Waals surface area (Å²) in [6.07, 6.45) is 0. The van der Waals surface area contributed by atoms with Crippen LogP contribution in [0.1, 0.15) is 19.4 Å². The zero-order valence-electron chi connectivity index (χ0n) is 30.0. The molecule has 0 fully saturated rings. The van der Waals surface area contributed by atoms with E-state index in [0.717, 1.165) is 76.8 Å². The predicted molar refractivity (Wildman–Crippen MR) is 190 cm³/mol. The highest BCUT2D eigenvalue weighted by molar-refractivity contribution is 6.33. The molecule has 0 N–H and O–H groups in total. The van der Waals surface area contributed by atoms with E-state index >= 15 is 0 Å². The van der Waals surface area contributed by atoms with Crippen LogP contribution in [0.25, 0.3) is 76.8 Å². The zero-order valence-corrected chi connectivity index (χ0v) is 24.0. The fourth-order valence-corrected chi connectivity index (χ4v) is 6.85. The molecule has 0 aliphatic carbocycles. The maximum atomic E-state index is 8.39. The van der Waals surface area contributed by atoms with Gasteiger partial charge in [0.2, 0.25) is 0 Å². The number of aryl methyl sites for hydroxylation is 2. The van der Waals surface area contributed by atoms with E-state index in [2.05, 4.69) is 48.5 Å². The van der Waals surface area contributed by atoms with Crippen LogP contribution in [0.2, 0.25) is 0 Å². The summed E-state index contributed by atoms with van der Waals surface area (Å²) in [4.78, 5) is 0. The molecule has 0 saturated heterocycles. The Morgan fingerprint density at radius 1 is 0.318 bits per heavy atom. The molecule has 0 aliphatic rings. The second-order valence-electron chi connectivity index (χ2n) is 11.2. The molecule has 0 nitrogen and oxygen atoms in total. The standard InChI is InChI=1S/C44H32/c1-29-23-25-35-37(27-29)41(33-19-11-5-12-20-33)43-40(32-17-9-4-10-18-32)36-26-24-30(2)28-38(36)42(34-21-13-6-14-22-34)44(43)39(35)31-15-7-3-8-16-31/h3-28H,1-2H3/i1D3,2D3. The molecule has 8 aromatic rings. The molecule has 0 heterocycles. The summed E-state index contributed by atoms with van der Waals surface area (Å²) in [5.74, 6) is 0. The Balaban J connectivity index is 1.78. The van der Waals surface area contributed by atoms with E-state index in [1.807, 2.05) is 97.1 Å². The SMILES string of the molecule is [2H]C([2H])([2H])c1ccc2c(-c3ccccc3)c3c(-c4ccccc4)c4cc(C([2H])([2H])[2H])ccc4c(-c4ccccc4)c3c(-c3ccccc3)c2c1. The minimum Gasteiger partial charge on any atom is -0.0622 e. The third kappa shape index (κ3) is 4.22. The van der Waals surface area contributed by atoms with Crippen molar-refractivity contribution in [1.29, 1.82) is 0 Å². The van der Waals surface area contributed by atoms with Crippen molar-refractivity contribution < 1.29 is 8.22 Å². The molecule has 0 saturated carbocycles. The summed E-state index contributed by atoms with van der Waals surface area (Å²) in [5, 5.41) is 5.46. The zero-order chi connectivity index (χ0) is 34.6. The van der Waals surface area contributed by atoms with Crippen molar-refractivity contribution in [3.63, 3.8) is 0 Å². The van der Waals surface area contributed by atoms with Crippen molar-refractivity contribution in [1.82, 2.24) is 0 Å². The van der Waals surface area contributed by atoms with E-state index in [1.165, 1.54) is 0 Å². The van der Waals surface area contributed by atoms with Gasteiger partial charge in [0, 0.05) is 8.22 Å². The summed E-state index contributed by atoms with van der Waals surface area (Å²) in [7, 11) is 0. The van der Waals surface area contributed by atoms with Gasteiger partial charge in [0.05, 0.1) is 0 Å². The molecular weight excluding hydrogens is 528 g/mol. The molecule has 0 bridgehead atoms. The maximum Gasteiger partial charge on any atom is 0.0280 e. The first-order valence-corrected chi connectivity index (χ1v) is 14.9. The van der Waals surface area contributed by atoms with Crippen LogP contribution < -0.4 is 0 Å². The molecule has 8 rings (SSSR count). The molecule has 0 atom stereocenters. The van der Waals surface area contributed by atoms with Crippen LogP contribution in [0.4, 0.5) is 0 Å². The summed E-state index contributed by atoms with van der Waals surface area (Å²) in [5.41, 5.74) is 8.20. The highest BCUT2D eigenvalue weighted by Crippen LogP contribution is 2.53. The molecule has 208 valence electrons. The number of rotatable bonds is 4. The van der Waals surface area contributed by atoms with Gasteiger partial charge in [0.1, 0.15) is 0 Å². The van der Waals surface area contributed by atoms with E-state index < -0.39 is 13.7 Å². The first kappa shape index (κ1) is 20.4. The van der Waals surface area contributed by atoms with Crippen LogP contribution in [-0.2, 0) is 0 Å². The molecule has 44 heavy (non-hydrogen) atoms. The van der Waals surface area contributed by atoms with E-state index in [-0.39, 0.29) is 11.1 Å². The fourth-order valence-electron chi connectivity index (χ4n) is 6.85. The van der Waals surface area contributed by atoms with Gasteiger partial charge in [-0.2, -0.15) is 0 Å². The van der Waals surface area contributed by atoms with Crippen LogP contribution in [0.15, 0.2) is 158 Å². The Hall–Kier alpha value is -5.46. The van der Waals surface area contributed by atoms with Gasteiger partial charge in [-0.05, 0) is 90.5 Å². The predicted octanol–water partition coefficient (Wildman–Crippen LogP) is 12.4. The number of hydrogen-bond acceptors (Lipinski definition) is 0. The quantitative estimate of drug-likeness (QED) is 0.186. The summed E-state index contributed by atoms with van der Waals surface area (Å²) < 4.78 is 50.4. The lowest BCUT2D eigenvalue weighted by Gasteiger charge is -2.25. The van der Waals surface area contributed by atoms with Gasteiger partial charge < -0.3 is 0 Å². The van der Waals surface area contributed by atoms with E-state index in [0.29, 0.717) is 0 Å². The Bertz CT molecular complexity index is 2340. The first-order chi connectivity index (χ1) is 24.1. The first-order valence-electron chi connectivity index (χ1n) is 17.9. The van der Waals surface area contributed by atoms with Crippen molar-refractivity contribution in [2.24, 2.45) is 0 Å². The highest BCUT2D eigenvalue weighted by atomic mass is 14.3. The number of benzene rings is 8. The Labute approximate surface area is 267 Å². The lowest BCUT2D eigenvalue weighted by atomic mass is 9.77. The normalized spacial score (nSPS) is 14.0. The van der Waals surface area contributed by atoms with Crippen molar-refractivity contribution >= 4 is 32.3 Å². The summed E-state index contributed by atoms with van der Waals surface area (Å²) >= 11 is 0. The van der Waals surface area contributed by atoms with E-state index in [9.17, 15) is 0 Å². The van der Waals surface area contributed by atoms with Crippen molar-refractivity contribution in [3.8, 4) is 44.5 Å². The van der Waals surface area contributed by atoms with Crippen LogP contribution in [-0.4, -0.2) is 0 Å². The fraction of sp³-hybridized carbons (Fsp3) is 0.0455.